The molecule has 2 heterocycles. The van der Waals surface area contributed by atoms with Crippen molar-refractivity contribution in [1.82, 2.24) is 9.62 Å². The van der Waals surface area contributed by atoms with E-state index in [-0.39, 0.29) is 10.3 Å². The molecule has 0 saturated carbocycles. The van der Waals surface area contributed by atoms with Crippen LogP contribution in [0.15, 0.2) is 16.3 Å². The lowest BCUT2D eigenvalue weighted by Crippen LogP contribution is -2.45. The van der Waals surface area contributed by atoms with Gasteiger partial charge in [-0.25, -0.2) is 13.1 Å². The molecule has 0 unspecified atom stereocenters. The highest BCUT2D eigenvalue weighted by Gasteiger charge is 2.23. The molecule has 1 N–H and O–H groups in total. The molecule has 1 aliphatic rings. The van der Waals surface area contributed by atoms with Crippen LogP contribution in [-0.2, 0) is 10.0 Å². The minimum Gasteiger partial charge on any atom is -0.299 e. The van der Waals surface area contributed by atoms with E-state index >= 15 is 0 Å². The summed E-state index contributed by atoms with van der Waals surface area (Å²) in [6.07, 6.45) is 2.38. The zero-order valence-corrected chi connectivity index (χ0v) is 14.2. The Labute approximate surface area is 130 Å². The van der Waals surface area contributed by atoms with Gasteiger partial charge < -0.3 is 0 Å². The van der Waals surface area contributed by atoms with Gasteiger partial charge in [-0.15, -0.1) is 11.3 Å². The zero-order valence-electron chi connectivity index (χ0n) is 11.8. The van der Waals surface area contributed by atoms with Gasteiger partial charge in [0.05, 0.1) is 4.34 Å². The summed E-state index contributed by atoms with van der Waals surface area (Å²) < 4.78 is 27.7. The van der Waals surface area contributed by atoms with Crippen molar-refractivity contribution in [3.8, 4) is 0 Å². The Bertz CT molecular complexity index is 536. The fraction of sp³-hybridized carbons (Fsp3) is 0.692. The summed E-state index contributed by atoms with van der Waals surface area (Å²) in [5.74, 6) is 0.781. The zero-order chi connectivity index (χ0) is 14.8. The molecule has 2 rings (SSSR count). The van der Waals surface area contributed by atoms with Crippen LogP contribution in [0.25, 0.3) is 0 Å². The predicted octanol–water partition coefficient (Wildman–Crippen LogP) is 2.80. The summed E-state index contributed by atoms with van der Waals surface area (Å²) in [5.41, 5.74) is 0. The van der Waals surface area contributed by atoms with Crippen molar-refractivity contribution in [2.45, 2.75) is 36.9 Å². The largest absolute Gasteiger partial charge is 0.299 e. The second-order valence-corrected chi connectivity index (χ2v) is 9.19. The van der Waals surface area contributed by atoms with Crippen LogP contribution < -0.4 is 4.72 Å². The number of rotatable bonds is 5. The van der Waals surface area contributed by atoms with E-state index in [4.69, 9.17) is 11.6 Å². The van der Waals surface area contributed by atoms with Crippen LogP contribution in [-0.4, -0.2) is 39.0 Å². The Hall–Kier alpha value is -0.140. The van der Waals surface area contributed by atoms with Gasteiger partial charge in [-0.05, 0) is 50.9 Å². The number of nitrogens with zero attached hydrogens (tertiary/aromatic N) is 1. The van der Waals surface area contributed by atoms with Crippen LogP contribution in [0.4, 0.5) is 0 Å². The number of halogens is 1. The average molecular weight is 337 g/mol. The van der Waals surface area contributed by atoms with Crippen molar-refractivity contribution < 1.29 is 8.42 Å². The molecule has 0 amide bonds. The Morgan fingerprint density at radius 1 is 1.45 bits per heavy atom. The fourth-order valence-corrected chi connectivity index (χ4v) is 4.99. The maximum Gasteiger partial charge on any atom is 0.250 e. The molecule has 1 aromatic rings. The van der Waals surface area contributed by atoms with Gasteiger partial charge in [0.2, 0.25) is 10.0 Å². The van der Waals surface area contributed by atoms with E-state index in [9.17, 15) is 8.42 Å². The van der Waals surface area contributed by atoms with E-state index in [0.717, 1.165) is 30.3 Å². The first-order valence-corrected chi connectivity index (χ1v) is 9.55. The molecule has 0 radical (unpaired) electrons. The molecule has 0 bridgehead atoms. The van der Waals surface area contributed by atoms with Crippen molar-refractivity contribution in [2.75, 3.05) is 19.6 Å². The van der Waals surface area contributed by atoms with Gasteiger partial charge in [-0.2, -0.15) is 0 Å². The van der Waals surface area contributed by atoms with Crippen molar-refractivity contribution >= 4 is 33.0 Å². The second kappa shape index (κ2) is 6.75. The van der Waals surface area contributed by atoms with Crippen LogP contribution in [0.3, 0.4) is 0 Å². The normalized spacial score (nSPS) is 20.1. The second-order valence-electron chi connectivity index (χ2n) is 5.48. The van der Waals surface area contributed by atoms with E-state index in [1.807, 2.05) is 0 Å². The number of piperidine rings is 1. The van der Waals surface area contributed by atoms with Crippen molar-refractivity contribution in [2.24, 2.45) is 5.92 Å². The summed E-state index contributed by atoms with van der Waals surface area (Å²) in [5, 5.41) is 0. The Balaban J connectivity index is 1.88. The highest BCUT2D eigenvalue weighted by molar-refractivity contribution is 7.91. The SMILES string of the molecule is CC1CCN([C@H](C)CNS(=O)(=O)c2ccc(Cl)s2)CC1. The molecule has 1 aliphatic heterocycles. The molecule has 1 fully saturated rings. The highest BCUT2D eigenvalue weighted by Crippen LogP contribution is 2.25. The monoisotopic (exact) mass is 336 g/mol. The lowest BCUT2D eigenvalue weighted by Gasteiger charge is -2.34. The van der Waals surface area contributed by atoms with Gasteiger partial charge in [0.1, 0.15) is 4.21 Å². The summed E-state index contributed by atoms with van der Waals surface area (Å²) in [6.45, 7) is 6.88. The molecule has 20 heavy (non-hydrogen) atoms. The Morgan fingerprint density at radius 3 is 2.65 bits per heavy atom. The van der Waals surface area contributed by atoms with E-state index in [1.54, 1.807) is 12.1 Å². The van der Waals surface area contributed by atoms with Crippen LogP contribution in [0, 0.1) is 5.92 Å². The highest BCUT2D eigenvalue weighted by atomic mass is 35.5. The minimum atomic E-state index is -3.43. The molecule has 0 aromatic carbocycles. The molecule has 0 spiro atoms. The first-order chi connectivity index (χ1) is 9.38. The quantitative estimate of drug-likeness (QED) is 0.899. The number of likely N-dealkylation sites (tertiary alicyclic amines) is 1. The first kappa shape index (κ1) is 16.2. The standard InChI is InChI=1S/C13H21ClN2O2S2/c1-10-5-7-16(8-6-10)11(2)9-15-20(17,18)13-4-3-12(14)19-13/h3-4,10-11,15H,5-9H2,1-2H3/t11-/m1/s1. The minimum absolute atomic E-state index is 0.215. The number of sulfonamides is 1. The van der Waals surface area contributed by atoms with E-state index in [2.05, 4.69) is 23.5 Å². The van der Waals surface area contributed by atoms with Crippen LogP contribution in [0.2, 0.25) is 4.34 Å². The molecular weight excluding hydrogens is 316 g/mol. The average Bonchev–Trinajstić information content (AvgIpc) is 2.84. The number of hydrogen-bond acceptors (Lipinski definition) is 4. The van der Waals surface area contributed by atoms with E-state index in [1.165, 1.54) is 12.8 Å². The van der Waals surface area contributed by atoms with E-state index < -0.39 is 10.0 Å². The van der Waals surface area contributed by atoms with Gasteiger partial charge in [0.25, 0.3) is 0 Å². The molecular formula is C13H21ClN2O2S2. The third-order valence-electron chi connectivity index (χ3n) is 3.82. The maximum absolute atomic E-state index is 12.1. The third kappa shape index (κ3) is 4.18. The number of hydrogen-bond donors (Lipinski definition) is 1. The van der Waals surface area contributed by atoms with Gasteiger partial charge in [0.15, 0.2) is 0 Å². The molecule has 7 heteroatoms. The fourth-order valence-electron chi connectivity index (χ4n) is 2.34. The first-order valence-electron chi connectivity index (χ1n) is 6.87. The molecule has 0 aliphatic carbocycles. The van der Waals surface area contributed by atoms with Crippen molar-refractivity contribution in [1.29, 1.82) is 0 Å². The molecule has 1 aromatic heterocycles. The van der Waals surface area contributed by atoms with Crippen molar-refractivity contribution in [3.63, 3.8) is 0 Å². The topological polar surface area (TPSA) is 49.4 Å². The smallest absolute Gasteiger partial charge is 0.250 e. The molecule has 1 saturated heterocycles. The maximum atomic E-state index is 12.1. The lowest BCUT2D eigenvalue weighted by atomic mass is 9.98. The molecule has 114 valence electrons. The van der Waals surface area contributed by atoms with Crippen LogP contribution in [0.5, 0.6) is 0 Å². The third-order valence-corrected chi connectivity index (χ3v) is 6.97. The van der Waals surface area contributed by atoms with Gasteiger partial charge in [-0.3, -0.25) is 4.90 Å². The van der Waals surface area contributed by atoms with Gasteiger partial charge >= 0.3 is 0 Å². The van der Waals surface area contributed by atoms with E-state index in [0.29, 0.717) is 10.9 Å². The number of nitrogens with one attached hydrogen (secondary N) is 1. The van der Waals surface area contributed by atoms with Gasteiger partial charge in [0, 0.05) is 12.6 Å². The lowest BCUT2D eigenvalue weighted by molar-refractivity contribution is 0.148. The summed E-state index contributed by atoms with van der Waals surface area (Å²) in [6, 6.07) is 3.37. The molecule has 4 nitrogen and oxygen atoms in total. The summed E-state index contributed by atoms with van der Waals surface area (Å²) in [7, 11) is -3.43. The Morgan fingerprint density at radius 2 is 2.10 bits per heavy atom. The van der Waals surface area contributed by atoms with Gasteiger partial charge in [-0.1, -0.05) is 18.5 Å². The molecule has 1 atom stereocenters. The Kier molecular flexibility index (Phi) is 5.48. The summed E-state index contributed by atoms with van der Waals surface area (Å²) in [4.78, 5) is 2.35. The predicted molar refractivity (Wildman–Crippen MR) is 84.0 cm³/mol. The van der Waals surface area contributed by atoms with Crippen LogP contribution in [0.1, 0.15) is 26.7 Å². The van der Waals surface area contributed by atoms with Crippen molar-refractivity contribution in [3.05, 3.63) is 16.5 Å². The number of thiophene rings is 1. The summed E-state index contributed by atoms with van der Waals surface area (Å²) >= 11 is 6.87. The van der Waals surface area contributed by atoms with Crippen LogP contribution >= 0.6 is 22.9 Å².